The monoisotopic (exact) mass is 259 g/mol. The predicted octanol–water partition coefficient (Wildman–Crippen LogP) is 1.39. The Labute approximate surface area is 111 Å². The first-order valence-electron chi connectivity index (χ1n) is 6.94. The van der Waals surface area contributed by atoms with E-state index in [0.717, 1.165) is 58.3 Å². The van der Waals surface area contributed by atoms with Gasteiger partial charge in [0.05, 0.1) is 6.61 Å². The van der Waals surface area contributed by atoms with Gasteiger partial charge in [-0.1, -0.05) is 13.3 Å². The van der Waals surface area contributed by atoms with E-state index in [1.807, 2.05) is 0 Å². The van der Waals surface area contributed by atoms with Gasteiger partial charge in [0.2, 0.25) is 0 Å². The molecule has 0 bridgehead atoms. The van der Waals surface area contributed by atoms with Crippen molar-refractivity contribution in [2.45, 2.75) is 33.1 Å². The minimum Gasteiger partial charge on any atom is -0.385 e. The van der Waals surface area contributed by atoms with Crippen LogP contribution >= 0.6 is 0 Å². The molecule has 0 aromatic rings. The molecule has 0 aromatic carbocycles. The molecule has 0 rings (SSSR count). The number of unbranched alkanes of at least 4 members (excludes halogenated alkanes) is 1. The molecule has 0 amide bonds. The Morgan fingerprint density at radius 1 is 1.06 bits per heavy atom. The summed E-state index contributed by atoms with van der Waals surface area (Å²) in [5, 5.41) is 6.45. The van der Waals surface area contributed by atoms with Crippen LogP contribution in [0.5, 0.6) is 0 Å². The lowest BCUT2D eigenvalue weighted by Gasteiger charge is -2.11. The van der Waals surface area contributed by atoms with Gasteiger partial charge in [-0.3, -0.25) is 4.99 Å². The number of ether oxygens (including phenoxy) is 2. The molecule has 0 unspecified atom stereocenters. The number of nitrogens with one attached hydrogen (secondary N) is 2. The number of aliphatic imine (C=N–C) groups is 1. The molecule has 0 aromatic heterocycles. The van der Waals surface area contributed by atoms with Crippen molar-refractivity contribution < 1.29 is 9.47 Å². The Kier molecular flexibility index (Phi) is 13.6. The first-order chi connectivity index (χ1) is 8.85. The molecule has 0 saturated heterocycles. The van der Waals surface area contributed by atoms with Gasteiger partial charge in [0.15, 0.2) is 5.96 Å². The molecule has 0 aliphatic carbocycles. The predicted molar refractivity (Wildman–Crippen MR) is 76.2 cm³/mol. The van der Waals surface area contributed by atoms with Crippen molar-refractivity contribution in [3.63, 3.8) is 0 Å². The molecule has 0 aliphatic heterocycles. The van der Waals surface area contributed by atoms with Crippen LogP contribution in [0.4, 0.5) is 0 Å². The summed E-state index contributed by atoms with van der Waals surface area (Å²) in [7, 11) is 1.71. The number of rotatable bonds is 11. The summed E-state index contributed by atoms with van der Waals surface area (Å²) in [6, 6.07) is 0. The first-order valence-corrected chi connectivity index (χ1v) is 6.94. The Hall–Kier alpha value is -0.810. The van der Waals surface area contributed by atoms with Gasteiger partial charge in [-0.25, -0.2) is 0 Å². The van der Waals surface area contributed by atoms with Crippen molar-refractivity contribution in [2.24, 2.45) is 4.99 Å². The zero-order valence-electron chi connectivity index (χ0n) is 12.1. The van der Waals surface area contributed by atoms with E-state index in [1.165, 1.54) is 6.42 Å². The van der Waals surface area contributed by atoms with Gasteiger partial charge in [-0.15, -0.1) is 0 Å². The molecule has 18 heavy (non-hydrogen) atoms. The van der Waals surface area contributed by atoms with Crippen LogP contribution in [0.1, 0.15) is 33.1 Å². The van der Waals surface area contributed by atoms with Crippen LogP contribution in [0.25, 0.3) is 0 Å². The number of nitrogens with zero attached hydrogens (tertiary/aromatic N) is 1. The summed E-state index contributed by atoms with van der Waals surface area (Å²) in [5.41, 5.74) is 0. The maximum Gasteiger partial charge on any atom is 0.191 e. The van der Waals surface area contributed by atoms with E-state index in [0.29, 0.717) is 0 Å². The van der Waals surface area contributed by atoms with Crippen LogP contribution in [-0.4, -0.2) is 52.5 Å². The second kappa shape index (κ2) is 14.3. The minimum absolute atomic E-state index is 0.725. The summed E-state index contributed by atoms with van der Waals surface area (Å²) in [6.07, 6.45) is 3.25. The van der Waals surface area contributed by atoms with E-state index in [1.54, 1.807) is 7.11 Å². The maximum atomic E-state index is 5.48. The smallest absolute Gasteiger partial charge is 0.191 e. The lowest BCUT2D eigenvalue weighted by Crippen LogP contribution is -2.39. The summed E-state index contributed by atoms with van der Waals surface area (Å²) >= 11 is 0. The average Bonchev–Trinajstić information content (AvgIpc) is 2.38. The molecule has 5 nitrogen and oxygen atoms in total. The van der Waals surface area contributed by atoms with E-state index in [2.05, 4.69) is 29.5 Å². The van der Waals surface area contributed by atoms with E-state index < -0.39 is 0 Å². The zero-order chi connectivity index (χ0) is 13.5. The summed E-state index contributed by atoms with van der Waals surface area (Å²) in [5.74, 6) is 0.854. The highest BCUT2D eigenvalue weighted by atomic mass is 16.5. The number of hydrogen-bond acceptors (Lipinski definition) is 3. The van der Waals surface area contributed by atoms with E-state index in [4.69, 9.17) is 9.47 Å². The number of guanidine groups is 1. The van der Waals surface area contributed by atoms with Crippen molar-refractivity contribution in [3.05, 3.63) is 0 Å². The van der Waals surface area contributed by atoms with Crippen LogP contribution < -0.4 is 10.6 Å². The standard InChI is InChI=1S/C13H29N3O2/c1-4-6-11-18-12-9-16-13(14-5-2)15-8-7-10-17-3/h4-12H2,1-3H3,(H2,14,15,16). The van der Waals surface area contributed by atoms with Crippen molar-refractivity contribution in [1.29, 1.82) is 0 Å². The fraction of sp³-hybridized carbons (Fsp3) is 0.923. The van der Waals surface area contributed by atoms with Crippen molar-refractivity contribution in [3.8, 4) is 0 Å². The molecular weight excluding hydrogens is 230 g/mol. The Balaban J connectivity index is 3.61. The first kappa shape index (κ1) is 17.2. The van der Waals surface area contributed by atoms with Crippen LogP contribution in [0.3, 0.4) is 0 Å². The van der Waals surface area contributed by atoms with Crippen LogP contribution in [0.15, 0.2) is 4.99 Å². The van der Waals surface area contributed by atoms with E-state index >= 15 is 0 Å². The Morgan fingerprint density at radius 3 is 2.56 bits per heavy atom. The summed E-state index contributed by atoms with van der Waals surface area (Å²) in [4.78, 5) is 4.44. The van der Waals surface area contributed by atoms with Crippen molar-refractivity contribution in [2.75, 3.05) is 46.6 Å². The molecule has 5 heteroatoms. The van der Waals surface area contributed by atoms with E-state index in [-0.39, 0.29) is 0 Å². The zero-order valence-corrected chi connectivity index (χ0v) is 12.1. The van der Waals surface area contributed by atoms with Crippen LogP contribution in [0.2, 0.25) is 0 Å². The molecular formula is C13H29N3O2. The quantitative estimate of drug-likeness (QED) is 0.334. The van der Waals surface area contributed by atoms with Gasteiger partial charge in [-0.05, 0) is 19.8 Å². The van der Waals surface area contributed by atoms with Gasteiger partial charge in [0, 0.05) is 40.0 Å². The highest BCUT2D eigenvalue weighted by Crippen LogP contribution is 1.87. The summed E-state index contributed by atoms with van der Waals surface area (Å²) in [6.45, 7) is 8.99. The molecule has 0 spiro atoms. The summed E-state index contributed by atoms with van der Waals surface area (Å²) < 4.78 is 10.5. The fourth-order valence-electron chi connectivity index (χ4n) is 1.33. The molecule has 0 heterocycles. The minimum atomic E-state index is 0.725. The Morgan fingerprint density at radius 2 is 1.89 bits per heavy atom. The Bertz CT molecular complexity index is 199. The molecule has 0 radical (unpaired) electrons. The molecule has 108 valence electrons. The molecule has 2 N–H and O–H groups in total. The fourth-order valence-corrected chi connectivity index (χ4v) is 1.33. The third-order valence-corrected chi connectivity index (χ3v) is 2.30. The third kappa shape index (κ3) is 11.7. The second-order valence-electron chi connectivity index (χ2n) is 4.00. The van der Waals surface area contributed by atoms with Gasteiger partial charge >= 0.3 is 0 Å². The number of hydrogen-bond donors (Lipinski definition) is 2. The van der Waals surface area contributed by atoms with Crippen LogP contribution in [-0.2, 0) is 9.47 Å². The highest BCUT2D eigenvalue weighted by Gasteiger charge is 1.96. The topological polar surface area (TPSA) is 54.9 Å². The van der Waals surface area contributed by atoms with Crippen molar-refractivity contribution >= 4 is 5.96 Å². The van der Waals surface area contributed by atoms with Gasteiger partial charge in [0.25, 0.3) is 0 Å². The lowest BCUT2D eigenvalue weighted by molar-refractivity contribution is 0.136. The average molecular weight is 259 g/mol. The molecule has 0 atom stereocenters. The van der Waals surface area contributed by atoms with E-state index in [9.17, 15) is 0 Å². The second-order valence-corrected chi connectivity index (χ2v) is 4.00. The normalized spacial score (nSPS) is 11.6. The maximum absolute atomic E-state index is 5.48. The van der Waals surface area contributed by atoms with Crippen LogP contribution in [0, 0.1) is 0 Å². The molecule has 0 aliphatic rings. The largest absolute Gasteiger partial charge is 0.385 e. The third-order valence-electron chi connectivity index (χ3n) is 2.30. The van der Waals surface area contributed by atoms with Gasteiger partial charge in [-0.2, -0.15) is 0 Å². The highest BCUT2D eigenvalue weighted by molar-refractivity contribution is 5.79. The van der Waals surface area contributed by atoms with Gasteiger partial charge in [0.1, 0.15) is 0 Å². The van der Waals surface area contributed by atoms with Crippen molar-refractivity contribution in [1.82, 2.24) is 10.6 Å². The number of methoxy groups -OCH3 is 1. The lowest BCUT2D eigenvalue weighted by atomic mass is 10.4. The SMILES string of the molecule is CCCCOCCNC(=NCCCOC)NCC. The molecule has 0 saturated carbocycles. The molecule has 0 fully saturated rings. The van der Waals surface area contributed by atoms with Gasteiger partial charge < -0.3 is 20.1 Å².